The van der Waals surface area contributed by atoms with Gasteiger partial charge in [-0.1, -0.05) is 75.7 Å². The second kappa shape index (κ2) is 12.1. The summed E-state index contributed by atoms with van der Waals surface area (Å²) in [5.41, 5.74) is 2.44. The first-order chi connectivity index (χ1) is 10.3. The Morgan fingerprint density at radius 1 is 0.714 bits per heavy atom. The van der Waals surface area contributed by atoms with Gasteiger partial charge in [0.25, 0.3) is 0 Å². The molecule has 3 aromatic rings. The first-order valence-corrected chi connectivity index (χ1v) is 8.41. The number of aryl methyl sites for hydroxylation is 2. The lowest BCUT2D eigenvalue weighted by Crippen LogP contribution is -1.65. The molecule has 0 bridgehead atoms. The van der Waals surface area contributed by atoms with Gasteiger partial charge in [-0.3, -0.25) is 0 Å². The summed E-state index contributed by atoms with van der Waals surface area (Å²) in [7, 11) is 0. The van der Waals surface area contributed by atoms with Crippen LogP contribution in [0, 0.1) is 13.8 Å². The second-order valence-corrected chi connectivity index (χ2v) is 5.09. The van der Waals surface area contributed by atoms with Crippen LogP contribution in [0.4, 0.5) is 0 Å². The van der Waals surface area contributed by atoms with Gasteiger partial charge in [0.05, 0.1) is 15.2 Å². The summed E-state index contributed by atoms with van der Waals surface area (Å²) in [5.74, 6) is 0. The molecule has 0 fully saturated rings. The van der Waals surface area contributed by atoms with Crippen LogP contribution >= 0.6 is 11.3 Å². The number of para-hydroxylation sites is 1. The molecule has 3 rings (SSSR count). The van der Waals surface area contributed by atoms with Gasteiger partial charge in [-0.25, -0.2) is 4.98 Å². The van der Waals surface area contributed by atoms with E-state index in [1.165, 1.54) is 10.3 Å². The van der Waals surface area contributed by atoms with Crippen LogP contribution in [-0.4, -0.2) is 4.98 Å². The minimum Gasteiger partial charge on any atom is -0.242 e. The highest BCUT2D eigenvalue weighted by Gasteiger charge is 1.95. The van der Waals surface area contributed by atoms with Crippen molar-refractivity contribution in [2.75, 3.05) is 0 Å². The van der Waals surface area contributed by atoms with Crippen LogP contribution in [0.25, 0.3) is 10.2 Å². The van der Waals surface area contributed by atoms with Gasteiger partial charge in [0, 0.05) is 0 Å². The first kappa shape index (κ1) is 19.3. The van der Waals surface area contributed by atoms with Crippen molar-refractivity contribution in [2.45, 2.75) is 41.5 Å². The van der Waals surface area contributed by atoms with Crippen molar-refractivity contribution < 1.29 is 0 Å². The Hall–Kier alpha value is -1.67. The molecule has 0 radical (unpaired) electrons. The summed E-state index contributed by atoms with van der Waals surface area (Å²) in [6, 6.07) is 18.5. The average Bonchev–Trinajstić information content (AvgIpc) is 2.93. The largest absolute Gasteiger partial charge is 0.242 e. The van der Waals surface area contributed by atoms with Crippen LogP contribution in [0.3, 0.4) is 0 Å². The maximum absolute atomic E-state index is 4.33. The lowest BCUT2D eigenvalue weighted by molar-refractivity contribution is 1.35. The molecule has 21 heavy (non-hydrogen) atoms. The Labute approximate surface area is 133 Å². The zero-order chi connectivity index (χ0) is 16.1. The molecule has 2 heteroatoms. The van der Waals surface area contributed by atoms with Crippen molar-refractivity contribution in [3.05, 3.63) is 65.2 Å². The number of hydrogen-bond acceptors (Lipinski definition) is 2. The summed E-state index contributed by atoms with van der Waals surface area (Å²) in [6.45, 7) is 12.1. The second-order valence-electron chi connectivity index (χ2n) is 3.86. The van der Waals surface area contributed by atoms with E-state index in [-0.39, 0.29) is 0 Å². The molecule has 0 saturated heterocycles. The predicted octanol–water partition coefficient (Wildman–Crippen LogP) is 6.65. The molecule has 114 valence electrons. The van der Waals surface area contributed by atoms with Crippen molar-refractivity contribution in [1.29, 1.82) is 0 Å². The molecule has 1 heterocycles. The van der Waals surface area contributed by atoms with Gasteiger partial charge in [-0.2, -0.15) is 0 Å². The molecule has 0 unspecified atom stereocenters. The van der Waals surface area contributed by atoms with E-state index in [2.05, 4.69) is 30.1 Å². The topological polar surface area (TPSA) is 12.9 Å². The van der Waals surface area contributed by atoms with Crippen molar-refractivity contribution in [1.82, 2.24) is 4.98 Å². The summed E-state index contributed by atoms with van der Waals surface area (Å²) in [6.07, 6.45) is 0. The molecule has 0 aliphatic carbocycles. The third-order valence-electron chi connectivity index (χ3n) is 2.34. The molecular weight excluding hydrogens is 274 g/mol. The van der Waals surface area contributed by atoms with Crippen molar-refractivity contribution >= 4 is 21.6 Å². The smallest absolute Gasteiger partial charge is 0.0907 e. The lowest BCUT2D eigenvalue weighted by Gasteiger charge is -1.82. The number of fused-ring (bicyclic) bond motifs is 1. The van der Waals surface area contributed by atoms with Gasteiger partial charge in [-0.15, -0.1) is 11.3 Å². The normalized spacial score (nSPS) is 8.48. The molecule has 0 saturated carbocycles. The van der Waals surface area contributed by atoms with Crippen LogP contribution in [0.2, 0.25) is 0 Å². The Bertz CT molecular complexity index is 552. The number of nitrogens with zero attached hydrogens (tertiary/aromatic N) is 1. The third kappa shape index (κ3) is 7.62. The van der Waals surface area contributed by atoms with Crippen LogP contribution in [0.15, 0.2) is 54.6 Å². The molecular formula is C19H27NS. The fourth-order valence-electron chi connectivity index (χ4n) is 1.52. The maximum Gasteiger partial charge on any atom is 0.0907 e. The van der Waals surface area contributed by atoms with Crippen LogP contribution in [0.1, 0.15) is 38.3 Å². The molecule has 2 aromatic carbocycles. The van der Waals surface area contributed by atoms with E-state index in [9.17, 15) is 0 Å². The highest BCUT2D eigenvalue weighted by atomic mass is 32.1. The van der Waals surface area contributed by atoms with Crippen molar-refractivity contribution in [3.8, 4) is 0 Å². The molecule has 0 aliphatic heterocycles. The standard InChI is InChI=1S/C8H7NS.C7H8.2C2H6/c1-6-9-7-4-2-3-5-8(7)10-6;1-7-5-3-2-4-6-7;2*1-2/h2-5H,1H3;2-6H,1H3;2*1-2H3. The zero-order valence-corrected chi connectivity index (χ0v) is 14.9. The zero-order valence-electron chi connectivity index (χ0n) is 14.1. The Kier molecular flexibility index (Phi) is 11.1. The molecule has 0 spiro atoms. The third-order valence-corrected chi connectivity index (χ3v) is 3.29. The number of hydrogen-bond donors (Lipinski definition) is 0. The fourth-order valence-corrected chi connectivity index (χ4v) is 2.35. The van der Waals surface area contributed by atoms with Crippen molar-refractivity contribution in [2.24, 2.45) is 0 Å². The van der Waals surface area contributed by atoms with E-state index in [1.54, 1.807) is 11.3 Å². The van der Waals surface area contributed by atoms with Crippen LogP contribution in [0.5, 0.6) is 0 Å². The minimum atomic E-state index is 1.12. The molecule has 0 N–H and O–H groups in total. The van der Waals surface area contributed by atoms with E-state index in [4.69, 9.17) is 0 Å². The van der Waals surface area contributed by atoms with E-state index >= 15 is 0 Å². The Morgan fingerprint density at radius 3 is 1.71 bits per heavy atom. The highest BCUT2D eigenvalue weighted by Crippen LogP contribution is 2.19. The van der Waals surface area contributed by atoms with Gasteiger partial charge in [0.15, 0.2) is 0 Å². The summed E-state index contributed by atoms with van der Waals surface area (Å²) in [4.78, 5) is 4.33. The summed E-state index contributed by atoms with van der Waals surface area (Å²) < 4.78 is 1.28. The summed E-state index contributed by atoms with van der Waals surface area (Å²) in [5, 5.41) is 1.14. The quantitative estimate of drug-likeness (QED) is 0.453. The number of rotatable bonds is 0. The van der Waals surface area contributed by atoms with Gasteiger partial charge in [0.1, 0.15) is 0 Å². The molecule has 0 atom stereocenters. The van der Waals surface area contributed by atoms with Gasteiger partial charge in [0.2, 0.25) is 0 Å². The number of thiazole rings is 1. The van der Waals surface area contributed by atoms with E-state index in [0.717, 1.165) is 10.5 Å². The Balaban J connectivity index is 0.000000321. The van der Waals surface area contributed by atoms with Gasteiger partial charge < -0.3 is 0 Å². The minimum absolute atomic E-state index is 1.12. The fraction of sp³-hybridized carbons (Fsp3) is 0.316. The molecule has 1 nitrogen and oxygen atoms in total. The van der Waals surface area contributed by atoms with Gasteiger partial charge in [-0.05, 0) is 26.0 Å². The van der Waals surface area contributed by atoms with E-state index in [1.807, 2.05) is 71.0 Å². The maximum atomic E-state index is 4.33. The SMILES string of the molecule is CC.CC.Cc1ccccc1.Cc1nc2ccccc2s1. The number of benzene rings is 2. The van der Waals surface area contributed by atoms with E-state index < -0.39 is 0 Å². The lowest BCUT2D eigenvalue weighted by atomic mass is 10.2. The molecule has 1 aromatic heterocycles. The summed E-state index contributed by atoms with van der Waals surface area (Å²) >= 11 is 1.74. The van der Waals surface area contributed by atoms with Crippen LogP contribution < -0.4 is 0 Å². The first-order valence-electron chi connectivity index (χ1n) is 7.59. The van der Waals surface area contributed by atoms with Gasteiger partial charge >= 0.3 is 0 Å². The average molecular weight is 301 g/mol. The van der Waals surface area contributed by atoms with Crippen LogP contribution in [-0.2, 0) is 0 Å². The highest BCUT2D eigenvalue weighted by molar-refractivity contribution is 7.18. The molecule has 0 amide bonds. The monoisotopic (exact) mass is 301 g/mol. The molecule has 0 aliphatic rings. The van der Waals surface area contributed by atoms with E-state index in [0.29, 0.717) is 0 Å². The number of aromatic nitrogens is 1. The predicted molar refractivity (Wildman–Crippen MR) is 98.2 cm³/mol. The Morgan fingerprint density at radius 2 is 1.24 bits per heavy atom. The van der Waals surface area contributed by atoms with Crippen molar-refractivity contribution in [3.63, 3.8) is 0 Å².